The standard InChI is InChI=1S/C28H25FN2O2S/c1-30(19-22-7-3-2-4-8-22)27(32)18-21-12-14-25(15-13-21)31(28(33)26-11-6-16-34-26)20-23-9-5-10-24(29)17-23/h2-17H,18-20H2,1H3. The van der Waals surface area contributed by atoms with Crippen molar-refractivity contribution in [2.24, 2.45) is 0 Å². The lowest BCUT2D eigenvalue weighted by molar-refractivity contribution is -0.129. The van der Waals surface area contributed by atoms with Gasteiger partial charge < -0.3 is 9.80 Å². The third-order valence-corrected chi connectivity index (χ3v) is 6.36. The maximum atomic E-state index is 13.7. The molecule has 0 fully saturated rings. The number of rotatable bonds is 8. The molecule has 1 aromatic heterocycles. The molecule has 0 aliphatic heterocycles. The second-order valence-electron chi connectivity index (χ2n) is 8.08. The van der Waals surface area contributed by atoms with E-state index in [1.165, 1.54) is 23.5 Å². The Labute approximate surface area is 202 Å². The van der Waals surface area contributed by atoms with Crippen molar-refractivity contribution >= 4 is 28.8 Å². The predicted octanol–water partition coefficient (Wildman–Crippen LogP) is 5.94. The van der Waals surface area contributed by atoms with E-state index in [4.69, 9.17) is 0 Å². The van der Waals surface area contributed by atoms with Gasteiger partial charge in [0.25, 0.3) is 5.91 Å². The normalized spacial score (nSPS) is 10.6. The van der Waals surface area contributed by atoms with Crippen LogP contribution < -0.4 is 4.90 Å². The van der Waals surface area contributed by atoms with Crippen LogP contribution in [0.4, 0.5) is 10.1 Å². The van der Waals surface area contributed by atoms with Gasteiger partial charge in [0.15, 0.2) is 0 Å². The fourth-order valence-electron chi connectivity index (χ4n) is 3.68. The van der Waals surface area contributed by atoms with E-state index in [-0.39, 0.29) is 30.6 Å². The fraction of sp³-hybridized carbons (Fsp3) is 0.143. The summed E-state index contributed by atoms with van der Waals surface area (Å²) in [7, 11) is 1.80. The maximum absolute atomic E-state index is 13.7. The maximum Gasteiger partial charge on any atom is 0.268 e. The minimum Gasteiger partial charge on any atom is -0.341 e. The predicted molar refractivity (Wildman–Crippen MR) is 134 cm³/mol. The van der Waals surface area contributed by atoms with Crippen LogP contribution in [0.2, 0.25) is 0 Å². The zero-order valence-corrected chi connectivity index (χ0v) is 19.7. The lowest BCUT2D eigenvalue weighted by Crippen LogP contribution is -2.30. The summed E-state index contributed by atoms with van der Waals surface area (Å²) in [5.41, 5.74) is 3.33. The molecule has 4 aromatic rings. The summed E-state index contributed by atoms with van der Waals surface area (Å²) in [5, 5.41) is 1.86. The van der Waals surface area contributed by atoms with Crippen LogP contribution >= 0.6 is 11.3 Å². The number of hydrogen-bond donors (Lipinski definition) is 0. The van der Waals surface area contributed by atoms with Crippen molar-refractivity contribution in [2.45, 2.75) is 19.5 Å². The Bertz CT molecular complexity index is 1240. The first-order valence-electron chi connectivity index (χ1n) is 11.0. The zero-order chi connectivity index (χ0) is 23.9. The van der Waals surface area contributed by atoms with Crippen LogP contribution in [-0.4, -0.2) is 23.8 Å². The monoisotopic (exact) mass is 472 g/mol. The Morgan fingerprint density at radius 3 is 2.21 bits per heavy atom. The molecule has 0 saturated heterocycles. The first-order valence-corrected chi connectivity index (χ1v) is 11.8. The smallest absolute Gasteiger partial charge is 0.268 e. The molecule has 0 saturated carbocycles. The number of hydrogen-bond acceptors (Lipinski definition) is 3. The zero-order valence-electron chi connectivity index (χ0n) is 18.9. The number of halogens is 1. The van der Waals surface area contributed by atoms with Gasteiger partial charge in [-0.15, -0.1) is 11.3 Å². The largest absolute Gasteiger partial charge is 0.341 e. The third kappa shape index (κ3) is 5.97. The molecule has 0 radical (unpaired) electrons. The molecule has 0 N–H and O–H groups in total. The molecular formula is C28H25FN2O2S. The third-order valence-electron chi connectivity index (χ3n) is 5.50. The van der Waals surface area contributed by atoms with Crippen LogP contribution in [0.15, 0.2) is 96.4 Å². The average Bonchev–Trinajstić information content (AvgIpc) is 3.38. The van der Waals surface area contributed by atoms with Crippen LogP contribution in [0.1, 0.15) is 26.4 Å². The second kappa shape index (κ2) is 10.9. The molecule has 0 aliphatic carbocycles. The molecule has 6 heteroatoms. The minimum atomic E-state index is -0.338. The molecule has 0 aliphatic rings. The lowest BCUT2D eigenvalue weighted by atomic mass is 10.1. The van der Waals surface area contributed by atoms with E-state index in [0.29, 0.717) is 22.7 Å². The Morgan fingerprint density at radius 1 is 0.794 bits per heavy atom. The van der Waals surface area contributed by atoms with Crippen LogP contribution in [-0.2, 0) is 24.3 Å². The summed E-state index contributed by atoms with van der Waals surface area (Å²) in [4.78, 5) is 29.9. The van der Waals surface area contributed by atoms with Crippen LogP contribution in [0.25, 0.3) is 0 Å². The molecular weight excluding hydrogens is 447 g/mol. The number of amides is 2. The summed E-state index contributed by atoms with van der Waals surface area (Å²) < 4.78 is 13.7. The molecule has 2 amide bonds. The van der Waals surface area contributed by atoms with E-state index < -0.39 is 0 Å². The summed E-state index contributed by atoms with van der Waals surface area (Å²) in [6, 6.07) is 27.1. The highest BCUT2D eigenvalue weighted by Crippen LogP contribution is 2.23. The van der Waals surface area contributed by atoms with Crippen molar-refractivity contribution in [3.8, 4) is 0 Å². The highest BCUT2D eigenvalue weighted by atomic mass is 32.1. The van der Waals surface area contributed by atoms with Gasteiger partial charge in [0.2, 0.25) is 5.91 Å². The molecule has 4 rings (SSSR count). The van der Waals surface area contributed by atoms with Crippen molar-refractivity contribution in [3.05, 3.63) is 124 Å². The van der Waals surface area contributed by atoms with Gasteiger partial charge in [0.05, 0.1) is 17.8 Å². The molecule has 1 heterocycles. The second-order valence-corrected chi connectivity index (χ2v) is 9.02. The number of benzene rings is 3. The summed E-state index contributed by atoms with van der Waals surface area (Å²) >= 11 is 1.37. The fourth-order valence-corrected chi connectivity index (χ4v) is 4.35. The topological polar surface area (TPSA) is 40.6 Å². The summed E-state index contributed by atoms with van der Waals surface area (Å²) in [5.74, 6) is -0.469. The van der Waals surface area contributed by atoms with Gasteiger partial charge in [0.1, 0.15) is 5.82 Å². The Hall–Kier alpha value is -3.77. The van der Waals surface area contributed by atoms with E-state index in [1.807, 2.05) is 66.0 Å². The molecule has 0 spiro atoms. The summed E-state index contributed by atoms with van der Waals surface area (Å²) in [6.07, 6.45) is 0.270. The Balaban J connectivity index is 1.49. The lowest BCUT2D eigenvalue weighted by Gasteiger charge is -2.23. The van der Waals surface area contributed by atoms with Gasteiger partial charge in [-0.05, 0) is 52.4 Å². The number of carbonyl (C=O) groups excluding carboxylic acids is 2. The number of likely N-dealkylation sites (N-methyl/N-ethyl adjacent to an activating group) is 1. The van der Waals surface area contributed by atoms with Gasteiger partial charge in [-0.1, -0.05) is 60.7 Å². The van der Waals surface area contributed by atoms with Gasteiger partial charge >= 0.3 is 0 Å². The number of carbonyl (C=O) groups is 2. The quantitative estimate of drug-likeness (QED) is 0.319. The van der Waals surface area contributed by atoms with E-state index in [2.05, 4.69) is 0 Å². The molecule has 0 bridgehead atoms. The first-order chi connectivity index (χ1) is 16.5. The van der Waals surface area contributed by atoms with Crippen LogP contribution in [0, 0.1) is 5.82 Å². The minimum absolute atomic E-state index is 0.0166. The molecule has 172 valence electrons. The van der Waals surface area contributed by atoms with Crippen LogP contribution in [0.5, 0.6) is 0 Å². The average molecular weight is 473 g/mol. The number of nitrogens with zero attached hydrogens (tertiary/aromatic N) is 2. The molecule has 0 atom stereocenters. The highest BCUT2D eigenvalue weighted by Gasteiger charge is 2.20. The Morgan fingerprint density at radius 2 is 1.53 bits per heavy atom. The molecule has 34 heavy (non-hydrogen) atoms. The van der Waals surface area contributed by atoms with E-state index in [1.54, 1.807) is 35.0 Å². The number of thiophene rings is 1. The molecule has 4 nitrogen and oxygen atoms in total. The van der Waals surface area contributed by atoms with Gasteiger partial charge in [-0.2, -0.15) is 0 Å². The summed E-state index contributed by atoms with van der Waals surface area (Å²) in [6.45, 7) is 0.793. The van der Waals surface area contributed by atoms with Gasteiger partial charge in [-0.3, -0.25) is 9.59 Å². The van der Waals surface area contributed by atoms with E-state index in [0.717, 1.165) is 11.1 Å². The van der Waals surface area contributed by atoms with Gasteiger partial charge in [0, 0.05) is 19.3 Å². The first kappa shape index (κ1) is 23.4. The highest BCUT2D eigenvalue weighted by molar-refractivity contribution is 7.12. The van der Waals surface area contributed by atoms with Crippen molar-refractivity contribution in [1.29, 1.82) is 0 Å². The molecule has 3 aromatic carbocycles. The molecule has 0 unspecified atom stereocenters. The van der Waals surface area contributed by atoms with E-state index in [9.17, 15) is 14.0 Å². The van der Waals surface area contributed by atoms with Crippen LogP contribution in [0.3, 0.4) is 0 Å². The van der Waals surface area contributed by atoms with Crippen molar-refractivity contribution < 1.29 is 14.0 Å². The van der Waals surface area contributed by atoms with Crippen molar-refractivity contribution in [3.63, 3.8) is 0 Å². The van der Waals surface area contributed by atoms with E-state index >= 15 is 0 Å². The Kier molecular flexibility index (Phi) is 7.50. The number of anilines is 1. The van der Waals surface area contributed by atoms with Crippen molar-refractivity contribution in [2.75, 3.05) is 11.9 Å². The SMILES string of the molecule is CN(Cc1ccccc1)C(=O)Cc1ccc(N(Cc2cccc(F)c2)C(=O)c2cccs2)cc1. The van der Waals surface area contributed by atoms with Crippen molar-refractivity contribution in [1.82, 2.24) is 4.90 Å². The van der Waals surface area contributed by atoms with Gasteiger partial charge in [-0.25, -0.2) is 4.39 Å².